The fourth-order valence-corrected chi connectivity index (χ4v) is 3.85. The summed E-state index contributed by atoms with van der Waals surface area (Å²) in [5.41, 5.74) is 1.09. The van der Waals surface area contributed by atoms with E-state index in [1.807, 2.05) is 18.2 Å². The smallest absolute Gasteiger partial charge is 0.416 e. The molecule has 0 saturated heterocycles. The molecule has 2 N–H and O–H groups in total. The molecule has 0 aromatic heterocycles. The molecule has 0 heterocycles. The van der Waals surface area contributed by atoms with Crippen molar-refractivity contribution in [3.63, 3.8) is 0 Å². The highest BCUT2D eigenvalue weighted by atomic mass is 19.4. The highest BCUT2D eigenvalue weighted by molar-refractivity contribution is 5.86. The zero-order valence-corrected chi connectivity index (χ0v) is 17.4. The van der Waals surface area contributed by atoms with Crippen LogP contribution in [0.2, 0.25) is 0 Å². The molecule has 3 nitrogen and oxygen atoms in total. The number of halogens is 3. The van der Waals surface area contributed by atoms with E-state index in [2.05, 4.69) is 36.5 Å². The second kappa shape index (κ2) is 9.96. The molecule has 3 rings (SSSR count). The van der Waals surface area contributed by atoms with Crippen LogP contribution in [0.5, 0.6) is 0 Å². The van der Waals surface area contributed by atoms with Gasteiger partial charge in [-0.05, 0) is 66.3 Å². The number of nitrogens with one attached hydrogen (secondary N) is 1. The van der Waals surface area contributed by atoms with Gasteiger partial charge in [-0.3, -0.25) is 4.79 Å². The van der Waals surface area contributed by atoms with Crippen molar-refractivity contribution in [1.82, 2.24) is 5.32 Å². The molecule has 0 aliphatic rings. The number of rotatable bonds is 9. The minimum atomic E-state index is -4.50. The van der Waals surface area contributed by atoms with Crippen molar-refractivity contribution in [3.8, 4) is 0 Å². The molecule has 0 bridgehead atoms. The van der Waals surface area contributed by atoms with Crippen LogP contribution in [0.1, 0.15) is 48.1 Å². The molecule has 0 spiro atoms. The third-order valence-corrected chi connectivity index (χ3v) is 5.47. The molecular weight excluding hydrogens is 403 g/mol. The number of carboxylic acids is 1. The van der Waals surface area contributed by atoms with Gasteiger partial charge in [-0.25, -0.2) is 0 Å². The van der Waals surface area contributed by atoms with Gasteiger partial charge in [0, 0.05) is 12.5 Å². The van der Waals surface area contributed by atoms with Crippen LogP contribution in [0, 0.1) is 0 Å². The molecule has 0 aliphatic heterocycles. The first-order valence-corrected chi connectivity index (χ1v) is 10.4. The lowest BCUT2D eigenvalue weighted by atomic mass is 9.97. The third kappa shape index (κ3) is 6.07. The highest BCUT2D eigenvalue weighted by Gasteiger charge is 2.33. The Bertz CT molecular complexity index is 1040. The Kier molecular flexibility index (Phi) is 7.33. The Morgan fingerprint density at radius 1 is 1.03 bits per heavy atom. The molecular formula is C25H26F3NO2. The van der Waals surface area contributed by atoms with Gasteiger partial charge >= 0.3 is 12.1 Å². The first kappa shape index (κ1) is 22.8. The predicted molar refractivity (Wildman–Crippen MR) is 116 cm³/mol. The van der Waals surface area contributed by atoms with E-state index >= 15 is 0 Å². The lowest BCUT2D eigenvalue weighted by Crippen LogP contribution is -2.20. The molecule has 6 heteroatoms. The van der Waals surface area contributed by atoms with Crippen LogP contribution in [0.4, 0.5) is 13.2 Å². The van der Waals surface area contributed by atoms with Crippen LogP contribution in [0.15, 0.2) is 60.7 Å². The standard InChI is InChI=1S/C25H26F3NO2/c1-17(21-10-4-8-19-7-2-3-9-22(19)21)29-15-5-6-18-11-12-20(13-14-24(30)31)23(16-18)25(26,27)28/h2-4,7-12,16-17,29H,5-6,13-15H2,1H3,(H,30,31). The maximum Gasteiger partial charge on any atom is 0.416 e. The topological polar surface area (TPSA) is 49.3 Å². The minimum absolute atomic E-state index is 0.0290. The monoisotopic (exact) mass is 429 g/mol. The van der Waals surface area contributed by atoms with Gasteiger partial charge in [0.15, 0.2) is 0 Å². The lowest BCUT2D eigenvalue weighted by molar-refractivity contribution is -0.140. The second-order valence-electron chi connectivity index (χ2n) is 7.73. The molecule has 0 aliphatic carbocycles. The number of fused-ring (bicyclic) bond motifs is 1. The maximum atomic E-state index is 13.4. The van der Waals surface area contributed by atoms with Gasteiger partial charge in [-0.1, -0.05) is 54.6 Å². The minimum Gasteiger partial charge on any atom is -0.481 e. The lowest BCUT2D eigenvalue weighted by Gasteiger charge is -2.17. The fraction of sp³-hybridized carbons (Fsp3) is 0.320. The van der Waals surface area contributed by atoms with Crippen molar-refractivity contribution in [2.24, 2.45) is 0 Å². The summed E-state index contributed by atoms with van der Waals surface area (Å²) in [4.78, 5) is 10.7. The van der Waals surface area contributed by atoms with E-state index in [4.69, 9.17) is 5.11 Å². The Balaban J connectivity index is 1.60. The van der Waals surface area contributed by atoms with E-state index < -0.39 is 17.7 Å². The van der Waals surface area contributed by atoms with E-state index in [0.717, 1.165) is 6.07 Å². The highest BCUT2D eigenvalue weighted by Crippen LogP contribution is 2.33. The summed E-state index contributed by atoms with van der Waals surface area (Å²) in [6.07, 6.45) is -3.74. The van der Waals surface area contributed by atoms with Gasteiger partial charge in [0.25, 0.3) is 0 Å². The Morgan fingerprint density at radius 2 is 1.77 bits per heavy atom. The van der Waals surface area contributed by atoms with Crippen molar-refractivity contribution >= 4 is 16.7 Å². The summed E-state index contributed by atoms with van der Waals surface area (Å²) in [5, 5.41) is 14.6. The van der Waals surface area contributed by atoms with E-state index in [-0.39, 0.29) is 24.4 Å². The number of carboxylic acid groups (broad SMARTS) is 1. The maximum absolute atomic E-state index is 13.4. The summed E-state index contributed by atoms with van der Waals surface area (Å²) < 4.78 is 40.2. The van der Waals surface area contributed by atoms with Crippen molar-refractivity contribution < 1.29 is 23.1 Å². The molecule has 3 aromatic rings. The van der Waals surface area contributed by atoms with Crippen molar-refractivity contribution in [3.05, 3.63) is 82.9 Å². The van der Waals surface area contributed by atoms with Gasteiger partial charge in [-0.2, -0.15) is 13.2 Å². The van der Waals surface area contributed by atoms with Gasteiger partial charge < -0.3 is 10.4 Å². The first-order valence-electron chi connectivity index (χ1n) is 10.4. The number of alkyl halides is 3. The quantitative estimate of drug-likeness (QED) is 0.401. The number of benzene rings is 3. The largest absolute Gasteiger partial charge is 0.481 e. The average Bonchev–Trinajstić information content (AvgIpc) is 2.74. The Labute approximate surface area is 179 Å². The Hall–Kier alpha value is -2.86. The molecule has 3 aromatic carbocycles. The number of hydrogen-bond acceptors (Lipinski definition) is 2. The molecule has 0 fully saturated rings. The molecule has 0 amide bonds. The number of carbonyl (C=O) groups is 1. The summed E-state index contributed by atoms with van der Waals surface area (Å²) in [5.74, 6) is -1.11. The second-order valence-corrected chi connectivity index (χ2v) is 7.73. The molecule has 0 radical (unpaired) electrons. The van der Waals surface area contributed by atoms with Crippen LogP contribution >= 0.6 is 0 Å². The van der Waals surface area contributed by atoms with Crippen LogP contribution in [0.25, 0.3) is 10.8 Å². The summed E-state index contributed by atoms with van der Waals surface area (Å²) in [6.45, 7) is 2.76. The molecule has 1 unspecified atom stereocenters. The van der Waals surface area contributed by atoms with Crippen LogP contribution in [-0.2, 0) is 23.8 Å². The molecule has 164 valence electrons. The van der Waals surface area contributed by atoms with Gasteiger partial charge in [0.1, 0.15) is 0 Å². The number of aliphatic carboxylic acids is 1. The first-order chi connectivity index (χ1) is 14.8. The van der Waals surface area contributed by atoms with Gasteiger partial charge in [0.2, 0.25) is 0 Å². The van der Waals surface area contributed by atoms with E-state index in [1.54, 1.807) is 6.07 Å². The normalized spacial score (nSPS) is 12.8. The predicted octanol–water partition coefficient (Wildman–Crippen LogP) is 6.16. The average molecular weight is 429 g/mol. The SMILES string of the molecule is CC(NCCCc1ccc(CCC(=O)O)c(C(F)(F)F)c1)c1cccc2ccccc12. The van der Waals surface area contributed by atoms with Gasteiger partial charge in [-0.15, -0.1) is 0 Å². The zero-order valence-electron chi connectivity index (χ0n) is 17.4. The summed E-state index contributed by atoms with van der Waals surface area (Å²) in [6, 6.07) is 18.7. The van der Waals surface area contributed by atoms with Crippen LogP contribution < -0.4 is 5.32 Å². The van der Waals surface area contributed by atoms with Crippen molar-refractivity contribution in [1.29, 1.82) is 0 Å². The number of aryl methyl sites for hydroxylation is 2. The molecule has 31 heavy (non-hydrogen) atoms. The molecule has 0 saturated carbocycles. The van der Waals surface area contributed by atoms with Crippen molar-refractivity contribution in [2.75, 3.05) is 6.54 Å². The summed E-state index contributed by atoms with van der Waals surface area (Å²) >= 11 is 0. The zero-order chi connectivity index (χ0) is 22.4. The van der Waals surface area contributed by atoms with Crippen molar-refractivity contribution in [2.45, 2.75) is 44.8 Å². The number of hydrogen-bond donors (Lipinski definition) is 2. The van der Waals surface area contributed by atoms with Crippen LogP contribution in [0.3, 0.4) is 0 Å². The van der Waals surface area contributed by atoms with E-state index in [0.29, 0.717) is 24.9 Å². The molecule has 1 atom stereocenters. The van der Waals surface area contributed by atoms with Crippen LogP contribution in [-0.4, -0.2) is 17.6 Å². The fourth-order valence-electron chi connectivity index (χ4n) is 3.85. The Morgan fingerprint density at radius 3 is 2.52 bits per heavy atom. The van der Waals surface area contributed by atoms with E-state index in [9.17, 15) is 18.0 Å². The van der Waals surface area contributed by atoms with E-state index in [1.165, 1.54) is 22.4 Å². The third-order valence-electron chi connectivity index (χ3n) is 5.47. The summed E-state index contributed by atoms with van der Waals surface area (Å²) in [7, 11) is 0. The van der Waals surface area contributed by atoms with Gasteiger partial charge in [0.05, 0.1) is 5.56 Å².